The number of rotatable bonds is 10. The predicted octanol–water partition coefficient (Wildman–Crippen LogP) is 3.55. The molecule has 0 aliphatic carbocycles. The molecule has 0 bridgehead atoms. The first kappa shape index (κ1) is 30.0. The molecular weight excluding hydrogens is 474 g/mol. The summed E-state index contributed by atoms with van der Waals surface area (Å²) in [6.45, 7) is 13.9. The molecule has 1 aromatic carbocycles. The molecule has 10 heteroatoms. The zero-order valence-electron chi connectivity index (χ0n) is 23.3. The molecule has 0 fully saturated rings. The Morgan fingerprint density at radius 2 is 1.73 bits per heavy atom. The van der Waals surface area contributed by atoms with Crippen molar-refractivity contribution in [2.45, 2.75) is 79.0 Å². The Kier molecular flexibility index (Phi) is 10.00. The number of carbonyl (C=O) groups is 1. The number of hydrogen-bond acceptors (Lipinski definition) is 7. The van der Waals surface area contributed by atoms with E-state index in [4.69, 9.17) is 15.2 Å². The standard InChI is InChI=1S/C23H30N4O5.C4H11N/c1-6-8-18-19-20(26(5)25-18)21(28)27(15(3)24-19)13-14-31-17-11-9-16(10-12-17)23(4,22(29)30)32-7-2;1-4(2,3)5/h9-12H,6-8,13-14H2,1-5H3,(H,29,30);5H2,1-3H3. The second-order valence-electron chi connectivity index (χ2n) is 10.1. The molecule has 0 radical (unpaired) electrons. The monoisotopic (exact) mass is 515 g/mol. The first-order valence-electron chi connectivity index (χ1n) is 12.6. The zero-order valence-corrected chi connectivity index (χ0v) is 23.3. The Balaban J connectivity index is 0.000000877. The van der Waals surface area contributed by atoms with E-state index in [1.807, 2.05) is 20.8 Å². The Labute approximate surface area is 218 Å². The molecule has 3 N–H and O–H groups in total. The molecule has 0 amide bonds. The van der Waals surface area contributed by atoms with Gasteiger partial charge in [-0.05, 0) is 65.7 Å². The minimum atomic E-state index is -1.42. The fraction of sp³-hybridized carbons (Fsp3) is 0.556. The van der Waals surface area contributed by atoms with Crippen molar-refractivity contribution in [2.24, 2.45) is 12.8 Å². The lowest BCUT2D eigenvalue weighted by Gasteiger charge is -2.25. The highest BCUT2D eigenvalue weighted by atomic mass is 16.5. The Morgan fingerprint density at radius 3 is 2.24 bits per heavy atom. The first-order chi connectivity index (χ1) is 17.2. The van der Waals surface area contributed by atoms with Crippen molar-refractivity contribution in [3.05, 3.63) is 51.7 Å². The molecule has 37 heavy (non-hydrogen) atoms. The number of carboxylic acid groups (broad SMARTS) is 1. The quantitative estimate of drug-likeness (QED) is 0.419. The molecular formula is C27H41N5O5. The highest BCUT2D eigenvalue weighted by Gasteiger charge is 2.35. The number of carboxylic acids is 1. The molecule has 2 heterocycles. The van der Waals surface area contributed by atoms with Gasteiger partial charge < -0.3 is 20.3 Å². The molecule has 3 rings (SSSR count). The van der Waals surface area contributed by atoms with E-state index in [1.165, 1.54) is 6.92 Å². The van der Waals surface area contributed by atoms with Gasteiger partial charge in [0.25, 0.3) is 5.56 Å². The molecule has 0 aliphatic heterocycles. The number of nitrogens with two attached hydrogens (primary N) is 1. The highest BCUT2D eigenvalue weighted by molar-refractivity contribution is 5.79. The maximum absolute atomic E-state index is 13.0. The maximum Gasteiger partial charge on any atom is 0.340 e. The van der Waals surface area contributed by atoms with Crippen LogP contribution in [0.5, 0.6) is 5.75 Å². The fourth-order valence-electron chi connectivity index (χ4n) is 3.77. The van der Waals surface area contributed by atoms with E-state index in [2.05, 4.69) is 17.0 Å². The fourth-order valence-corrected chi connectivity index (χ4v) is 3.77. The lowest BCUT2D eigenvalue weighted by atomic mass is 9.96. The van der Waals surface area contributed by atoms with Gasteiger partial charge in [-0.3, -0.25) is 14.0 Å². The van der Waals surface area contributed by atoms with Crippen molar-refractivity contribution >= 4 is 17.0 Å². The predicted molar refractivity (Wildman–Crippen MR) is 144 cm³/mol. The third-order valence-corrected chi connectivity index (χ3v) is 5.52. The van der Waals surface area contributed by atoms with Crippen LogP contribution in [-0.4, -0.2) is 49.2 Å². The second kappa shape index (κ2) is 12.3. The van der Waals surface area contributed by atoms with E-state index < -0.39 is 11.6 Å². The second-order valence-corrected chi connectivity index (χ2v) is 10.1. The van der Waals surface area contributed by atoms with Crippen LogP contribution in [0.2, 0.25) is 0 Å². The molecule has 0 saturated carbocycles. The average Bonchev–Trinajstić information content (AvgIpc) is 3.10. The molecule has 10 nitrogen and oxygen atoms in total. The van der Waals surface area contributed by atoms with E-state index in [9.17, 15) is 14.7 Å². The van der Waals surface area contributed by atoms with Crippen LogP contribution in [0.15, 0.2) is 29.1 Å². The summed E-state index contributed by atoms with van der Waals surface area (Å²) in [4.78, 5) is 29.3. The van der Waals surface area contributed by atoms with Crippen molar-refractivity contribution < 1.29 is 19.4 Å². The molecule has 0 aliphatic rings. The van der Waals surface area contributed by atoms with Crippen LogP contribution in [0.25, 0.3) is 11.0 Å². The van der Waals surface area contributed by atoms with Gasteiger partial charge >= 0.3 is 5.97 Å². The number of hydrogen-bond donors (Lipinski definition) is 2. The lowest BCUT2D eigenvalue weighted by Crippen LogP contribution is -2.35. The SMILES string of the molecule is CC(C)(C)N.CCCc1nn(C)c2c(=O)n(CCOc3ccc(C(C)(OCC)C(=O)O)cc3)c(C)nc12. The van der Waals surface area contributed by atoms with Crippen LogP contribution in [0.4, 0.5) is 0 Å². The van der Waals surface area contributed by atoms with Crippen molar-refractivity contribution in [1.82, 2.24) is 19.3 Å². The van der Waals surface area contributed by atoms with Crippen LogP contribution in [-0.2, 0) is 35.1 Å². The summed E-state index contributed by atoms with van der Waals surface area (Å²) < 4.78 is 14.4. The summed E-state index contributed by atoms with van der Waals surface area (Å²) in [5.41, 5.74) is 6.32. The smallest absolute Gasteiger partial charge is 0.340 e. The number of nitrogens with zero attached hydrogens (tertiary/aromatic N) is 4. The number of benzene rings is 1. The molecule has 3 aromatic rings. The molecule has 1 atom stereocenters. The van der Waals surface area contributed by atoms with Gasteiger partial charge in [-0.25, -0.2) is 9.78 Å². The Morgan fingerprint density at radius 1 is 1.14 bits per heavy atom. The number of aryl methyl sites for hydroxylation is 3. The minimum Gasteiger partial charge on any atom is -0.492 e. The molecule has 0 saturated heterocycles. The summed E-state index contributed by atoms with van der Waals surface area (Å²) >= 11 is 0. The topological polar surface area (TPSA) is 134 Å². The summed E-state index contributed by atoms with van der Waals surface area (Å²) in [6.07, 6.45) is 1.70. The molecule has 2 aromatic heterocycles. The van der Waals surface area contributed by atoms with Gasteiger partial charge in [-0.2, -0.15) is 5.10 Å². The summed E-state index contributed by atoms with van der Waals surface area (Å²) in [5, 5.41) is 14.0. The molecule has 0 spiro atoms. The third kappa shape index (κ3) is 7.62. The average molecular weight is 516 g/mol. The van der Waals surface area contributed by atoms with Gasteiger partial charge in [0, 0.05) is 19.2 Å². The largest absolute Gasteiger partial charge is 0.492 e. The van der Waals surface area contributed by atoms with Crippen LogP contribution in [0, 0.1) is 6.92 Å². The van der Waals surface area contributed by atoms with Gasteiger partial charge in [0.15, 0.2) is 11.1 Å². The first-order valence-corrected chi connectivity index (χ1v) is 12.6. The van der Waals surface area contributed by atoms with E-state index >= 15 is 0 Å². The zero-order chi connectivity index (χ0) is 28.0. The Bertz CT molecular complexity index is 1250. The number of fused-ring (bicyclic) bond motifs is 1. The van der Waals surface area contributed by atoms with Gasteiger partial charge in [-0.15, -0.1) is 0 Å². The van der Waals surface area contributed by atoms with E-state index in [1.54, 1.807) is 54.4 Å². The van der Waals surface area contributed by atoms with Crippen LogP contribution in [0.3, 0.4) is 0 Å². The van der Waals surface area contributed by atoms with Crippen molar-refractivity contribution in [1.29, 1.82) is 0 Å². The normalized spacial score (nSPS) is 13.1. The summed E-state index contributed by atoms with van der Waals surface area (Å²) in [5.74, 6) is 0.132. The van der Waals surface area contributed by atoms with Crippen molar-refractivity contribution in [3.8, 4) is 5.75 Å². The van der Waals surface area contributed by atoms with Crippen LogP contribution < -0.4 is 16.0 Å². The van der Waals surface area contributed by atoms with Crippen LogP contribution >= 0.6 is 0 Å². The molecule has 1 unspecified atom stereocenters. The van der Waals surface area contributed by atoms with Gasteiger partial charge in [0.2, 0.25) is 0 Å². The lowest BCUT2D eigenvalue weighted by molar-refractivity contribution is -0.164. The van der Waals surface area contributed by atoms with E-state index in [0.29, 0.717) is 34.7 Å². The number of aliphatic carboxylic acids is 1. The maximum atomic E-state index is 13.0. The van der Waals surface area contributed by atoms with E-state index in [0.717, 1.165) is 18.5 Å². The van der Waals surface area contributed by atoms with Gasteiger partial charge in [-0.1, -0.05) is 25.5 Å². The van der Waals surface area contributed by atoms with Gasteiger partial charge in [0.1, 0.15) is 23.7 Å². The van der Waals surface area contributed by atoms with Crippen molar-refractivity contribution in [3.63, 3.8) is 0 Å². The number of ether oxygens (including phenoxy) is 2. The minimum absolute atomic E-state index is 0. The Hall–Kier alpha value is -3.24. The number of aromatic nitrogens is 4. The summed E-state index contributed by atoms with van der Waals surface area (Å²) in [7, 11) is 1.76. The third-order valence-electron chi connectivity index (χ3n) is 5.52. The van der Waals surface area contributed by atoms with E-state index in [-0.39, 0.29) is 24.3 Å². The van der Waals surface area contributed by atoms with Crippen molar-refractivity contribution in [2.75, 3.05) is 13.2 Å². The van der Waals surface area contributed by atoms with Gasteiger partial charge in [0.05, 0.1) is 12.2 Å². The summed E-state index contributed by atoms with van der Waals surface area (Å²) in [6, 6.07) is 6.75. The highest BCUT2D eigenvalue weighted by Crippen LogP contribution is 2.27. The van der Waals surface area contributed by atoms with Crippen LogP contribution in [0.1, 0.15) is 65.0 Å². The molecule has 204 valence electrons.